The number of carbonyl (C=O) groups excluding carboxylic acids is 2. The predicted octanol–water partition coefficient (Wildman–Crippen LogP) is 2.94. The van der Waals surface area contributed by atoms with Gasteiger partial charge in [0.05, 0.1) is 0 Å². The summed E-state index contributed by atoms with van der Waals surface area (Å²) in [6.45, 7) is 0. The molecule has 0 bridgehead atoms. The number of anilines is 1. The first kappa shape index (κ1) is 12.9. The molecule has 5 nitrogen and oxygen atoms in total. The monoisotopic (exact) mass is 280 g/mol. The molecule has 0 saturated carbocycles. The highest BCUT2D eigenvalue weighted by atomic mass is 16.3. The molecule has 5 heteroatoms. The number of benzene rings is 2. The molecule has 0 aliphatic carbocycles. The molecule has 2 aromatic carbocycles. The maximum absolute atomic E-state index is 12.2. The fraction of sp³-hybridized carbons (Fsp3) is 0. The summed E-state index contributed by atoms with van der Waals surface area (Å²) in [5.74, 6) is -0.189. The Morgan fingerprint density at radius 3 is 2.67 bits per heavy atom. The van der Waals surface area contributed by atoms with E-state index >= 15 is 0 Å². The van der Waals surface area contributed by atoms with Crippen LogP contribution in [0.5, 0.6) is 5.75 Å². The molecular formula is C16H12N2O3. The number of phenols is 1. The quantitative estimate of drug-likeness (QED) is 0.645. The number of hydrogen-bond donors (Lipinski definition) is 3. The van der Waals surface area contributed by atoms with Crippen LogP contribution >= 0.6 is 0 Å². The summed E-state index contributed by atoms with van der Waals surface area (Å²) >= 11 is 0. The number of carbonyl (C=O) groups is 2. The van der Waals surface area contributed by atoms with Crippen LogP contribution in [0.25, 0.3) is 10.8 Å². The lowest BCUT2D eigenvalue weighted by molar-refractivity contribution is 0.102. The largest absolute Gasteiger partial charge is 0.507 e. The highest BCUT2D eigenvalue weighted by Gasteiger charge is 2.11. The molecule has 0 aliphatic heterocycles. The average Bonchev–Trinajstić information content (AvgIpc) is 2.97. The number of fused-ring (bicyclic) bond motifs is 1. The summed E-state index contributed by atoms with van der Waals surface area (Å²) in [7, 11) is 0. The maximum atomic E-state index is 12.2. The highest BCUT2D eigenvalue weighted by molar-refractivity contribution is 6.09. The third-order valence-electron chi connectivity index (χ3n) is 3.23. The minimum atomic E-state index is -0.348. The molecule has 1 heterocycles. The van der Waals surface area contributed by atoms with Crippen molar-refractivity contribution in [3.05, 3.63) is 59.9 Å². The molecule has 1 amide bonds. The van der Waals surface area contributed by atoms with E-state index in [4.69, 9.17) is 0 Å². The van der Waals surface area contributed by atoms with E-state index < -0.39 is 0 Å². The molecule has 3 rings (SSSR count). The molecule has 1 aromatic heterocycles. The molecule has 3 aromatic rings. The Morgan fingerprint density at radius 1 is 1.14 bits per heavy atom. The van der Waals surface area contributed by atoms with Crippen molar-refractivity contribution >= 4 is 28.7 Å². The van der Waals surface area contributed by atoms with Crippen LogP contribution in [0.15, 0.2) is 48.7 Å². The van der Waals surface area contributed by atoms with Crippen LogP contribution in [0.4, 0.5) is 5.69 Å². The molecule has 0 aliphatic rings. The third kappa shape index (κ3) is 2.36. The SMILES string of the molecule is O=Cc1c[nH]c(C(=O)Nc2cccc3c(O)cccc23)c1. The van der Waals surface area contributed by atoms with Crippen molar-refractivity contribution in [1.29, 1.82) is 0 Å². The van der Waals surface area contributed by atoms with E-state index in [1.807, 2.05) is 6.07 Å². The van der Waals surface area contributed by atoms with Gasteiger partial charge in [0.15, 0.2) is 6.29 Å². The number of amides is 1. The van der Waals surface area contributed by atoms with Crippen molar-refractivity contribution < 1.29 is 14.7 Å². The van der Waals surface area contributed by atoms with Crippen LogP contribution in [0.2, 0.25) is 0 Å². The maximum Gasteiger partial charge on any atom is 0.272 e. The lowest BCUT2D eigenvalue weighted by Crippen LogP contribution is -2.12. The van der Waals surface area contributed by atoms with E-state index in [0.717, 1.165) is 5.39 Å². The number of phenolic OH excluding ortho intramolecular Hbond substituents is 1. The summed E-state index contributed by atoms with van der Waals surface area (Å²) in [4.78, 5) is 25.5. The third-order valence-corrected chi connectivity index (χ3v) is 3.23. The van der Waals surface area contributed by atoms with Crippen molar-refractivity contribution in [3.8, 4) is 5.75 Å². The fourth-order valence-electron chi connectivity index (χ4n) is 2.20. The second-order valence-corrected chi connectivity index (χ2v) is 4.60. The summed E-state index contributed by atoms with van der Waals surface area (Å²) < 4.78 is 0. The van der Waals surface area contributed by atoms with Crippen molar-refractivity contribution in [2.45, 2.75) is 0 Å². The Hall–Kier alpha value is -3.08. The van der Waals surface area contributed by atoms with Gasteiger partial charge in [0, 0.05) is 28.2 Å². The molecule has 0 radical (unpaired) electrons. The van der Waals surface area contributed by atoms with E-state index in [0.29, 0.717) is 28.6 Å². The van der Waals surface area contributed by atoms with Crippen LogP contribution in [-0.2, 0) is 0 Å². The van der Waals surface area contributed by atoms with Gasteiger partial charge in [-0.1, -0.05) is 24.3 Å². The number of nitrogens with one attached hydrogen (secondary N) is 2. The van der Waals surface area contributed by atoms with E-state index in [1.54, 1.807) is 30.3 Å². The van der Waals surface area contributed by atoms with Crippen molar-refractivity contribution in [2.24, 2.45) is 0 Å². The Balaban J connectivity index is 1.96. The van der Waals surface area contributed by atoms with Crippen LogP contribution in [0, 0.1) is 0 Å². The van der Waals surface area contributed by atoms with E-state index in [2.05, 4.69) is 10.3 Å². The molecule has 104 valence electrons. The number of hydrogen-bond acceptors (Lipinski definition) is 3. The van der Waals surface area contributed by atoms with Crippen molar-refractivity contribution in [1.82, 2.24) is 4.98 Å². The molecule has 0 saturated heterocycles. The number of aromatic hydroxyl groups is 1. The minimum Gasteiger partial charge on any atom is -0.507 e. The number of aldehydes is 1. The summed E-state index contributed by atoms with van der Waals surface area (Å²) in [5, 5.41) is 14.0. The predicted molar refractivity (Wildman–Crippen MR) is 79.7 cm³/mol. The Bertz CT molecular complexity index is 836. The molecular weight excluding hydrogens is 268 g/mol. The van der Waals surface area contributed by atoms with Gasteiger partial charge in [-0.2, -0.15) is 0 Å². The van der Waals surface area contributed by atoms with Crippen LogP contribution in [-0.4, -0.2) is 22.3 Å². The second-order valence-electron chi connectivity index (χ2n) is 4.60. The fourth-order valence-corrected chi connectivity index (χ4v) is 2.20. The molecule has 21 heavy (non-hydrogen) atoms. The van der Waals surface area contributed by atoms with Crippen LogP contribution < -0.4 is 5.32 Å². The van der Waals surface area contributed by atoms with Gasteiger partial charge in [-0.15, -0.1) is 0 Å². The normalized spacial score (nSPS) is 10.5. The zero-order valence-corrected chi connectivity index (χ0v) is 11.0. The van der Waals surface area contributed by atoms with Gasteiger partial charge in [-0.25, -0.2) is 0 Å². The second kappa shape index (κ2) is 5.13. The summed E-state index contributed by atoms with van der Waals surface area (Å²) in [6.07, 6.45) is 2.14. The van der Waals surface area contributed by atoms with Crippen molar-refractivity contribution in [3.63, 3.8) is 0 Å². The van der Waals surface area contributed by atoms with Crippen LogP contribution in [0.1, 0.15) is 20.8 Å². The first-order chi connectivity index (χ1) is 10.2. The Morgan fingerprint density at radius 2 is 1.90 bits per heavy atom. The molecule has 0 unspecified atom stereocenters. The number of aromatic amines is 1. The standard InChI is InChI=1S/C16H12N2O3/c19-9-10-7-14(17-8-10)16(21)18-13-5-1-4-12-11(13)3-2-6-15(12)20/h1-9,17,20H,(H,18,21). The van der Waals surface area contributed by atoms with Gasteiger partial charge < -0.3 is 15.4 Å². The van der Waals surface area contributed by atoms with Gasteiger partial charge in [-0.05, 0) is 18.2 Å². The first-order valence-electron chi connectivity index (χ1n) is 6.34. The zero-order valence-electron chi connectivity index (χ0n) is 11.0. The van der Waals surface area contributed by atoms with Crippen LogP contribution in [0.3, 0.4) is 0 Å². The lowest BCUT2D eigenvalue weighted by Gasteiger charge is -2.08. The first-order valence-corrected chi connectivity index (χ1v) is 6.34. The smallest absolute Gasteiger partial charge is 0.272 e. The van der Waals surface area contributed by atoms with E-state index in [-0.39, 0.29) is 11.7 Å². The highest BCUT2D eigenvalue weighted by Crippen LogP contribution is 2.29. The van der Waals surface area contributed by atoms with Gasteiger partial charge >= 0.3 is 0 Å². The number of rotatable bonds is 3. The Kier molecular flexibility index (Phi) is 3.16. The summed E-state index contributed by atoms with van der Waals surface area (Å²) in [5.41, 5.74) is 1.31. The average molecular weight is 280 g/mol. The Labute approximate surface area is 120 Å². The van der Waals surface area contributed by atoms with Gasteiger partial charge in [-0.3, -0.25) is 9.59 Å². The van der Waals surface area contributed by atoms with Gasteiger partial charge in [0.25, 0.3) is 5.91 Å². The molecule has 0 spiro atoms. The number of H-pyrrole nitrogens is 1. The molecule has 0 atom stereocenters. The molecule has 3 N–H and O–H groups in total. The topological polar surface area (TPSA) is 82.2 Å². The van der Waals surface area contributed by atoms with E-state index in [9.17, 15) is 14.7 Å². The molecule has 0 fully saturated rings. The zero-order chi connectivity index (χ0) is 14.8. The summed E-state index contributed by atoms with van der Waals surface area (Å²) in [6, 6.07) is 11.9. The van der Waals surface area contributed by atoms with E-state index in [1.165, 1.54) is 12.3 Å². The number of aromatic nitrogens is 1. The lowest BCUT2D eigenvalue weighted by atomic mass is 10.1. The van der Waals surface area contributed by atoms with Crippen molar-refractivity contribution in [2.75, 3.05) is 5.32 Å². The van der Waals surface area contributed by atoms with Gasteiger partial charge in [0.1, 0.15) is 11.4 Å². The van der Waals surface area contributed by atoms with Gasteiger partial charge in [0.2, 0.25) is 0 Å². The minimum absolute atomic E-state index is 0.159.